The van der Waals surface area contributed by atoms with Gasteiger partial charge in [-0.2, -0.15) is 0 Å². The summed E-state index contributed by atoms with van der Waals surface area (Å²) in [4.78, 5) is 0. The quantitative estimate of drug-likeness (QED) is 0.802. The fourth-order valence-electron chi connectivity index (χ4n) is 3.02. The Hall–Kier alpha value is -1.57. The van der Waals surface area contributed by atoms with E-state index >= 15 is 0 Å². The molecule has 2 N–H and O–H groups in total. The first-order valence-electron chi connectivity index (χ1n) is 8.65. The van der Waals surface area contributed by atoms with Crippen molar-refractivity contribution in [2.75, 3.05) is 11.5 Å². The number of aliphatic hydroxyl groups excluding tert-OH is 2. The highest BCUT2D eigenvalue weighted by molar-refractivity contribution is 7.85. The van der Waals surface area contributed by atoms with Crippen LogP contribution in [0, 0.1) is 0 Å². The average molecular weight is 376 g/mol. The molecule has 1 fully saturated rings. The van der Waals surface area contributed by atoms with Crippen LogP contribution in [0.15, 0.2) is 60.7 Å². The smallest absolute Gasteiger partial charge is 0.113 e. The Kier molecular flexibility index (Phi) is 6.93. The molecule has 0 aromatic heterocycles. The van der Waals surface area contributed by atoms with Crippen molar-refractivity contribution in [1.29, 1.82) is 0 Å². The van der Waals surface area contributed by atoms with E-state index in [0.717, 1.165) is 11.1 Å². The summed E-state index contributed by atoms with van der Waals surface area (Å²) in [6.45, 7) is 0.570. The summed E-state index contributed by atoms with van der Waals surface area (Å²) in [5, 5.41) is 20.9. The van der Waals surface area contributed by atoms with Crippen LogP contribution in [0.3, 0.4) is 0 Å². The van der Waals surface area contributed by atoms with Gasteiger partial charge in [-0.25, -0.2) is 0 Å². The molecular weight excluding hydrogens is 352 g/mol. The lowest BCUT2D eigenvalue weighted by Crippen LogP contribution is -2.47. The van der Waals surface area contributed by atoms with Gasteiger partial charge < -0.3 is 19.7 Å². The molecule has 1 saturated heterocycles. The summed E-state index contributed by atoms with van der Waals surface area (Å²) < 4.78 is 23.8. The first-order valence-corrected chi connectivity index (χ1v) is 10.1. The van der Waals surface area contributed by atoms with Crippen LogP contribution in [0.5, 0.6) is 0 Å². The van der Waals surface area contributed by atoms with E-state index in [2.05, 4.69) is 0 Å². The molecule has 0 spiro atoms. The maximum Gasteiger partial charge on any atom is 0.113 e. The van der Waals surface area contributed by atoms with E-state index in [0.29, 0.717) is 0 Å². The van der Waals surface area contributed by atoms with Crippen LogP contribution in [-0.4, -0.2) is 50.3 Å². The Morgan fingerprint density at radius 1 is 0.769 bits per heavy atom. The van der Waals surface area contributed by atoms with Crippen molar-refractivity contribution >= 4 is 10.8 Å². The predicted molar refractivity (Wildman–Crippen MR) is 99.9 cm³/mol. The van der Waals surface area contributed by atoms with Crippen LogP contribution in [0.1, 0.15) is 11.1 Å². The minimum absolute atomic E-state index is 0.0711. The fraction of sp³-hybridized carbons (Fsp3) is 0.400. The zero-order chi connectivity index (χ0) is 18.4. The third kappa shape index (κ3) is 5.22. The number of ether oxygens (including phenoxy) is 2. The second kappa shape index (κ2) is 9.39. The van der Waals surface area contributed by atoms with Crippen molar-refractivity contribution in [3.63, 3.8) is 0 Å². The van der Waals surface area contributed by atoms with Crippen molar-refractivity contribution in [2.45, 2.75) is 37.6 Å². The molecule has 0 amide bonds. The molecule has 3 rings (SSSR count). The fourth-order valence-corrected chi connectivity index (χ4v) is 4.30. The molecule has 2 aromatic carbocycles. The van der Waals surface area contributed by atoms with E-state index in [1.54, 1.807) is 0 Å². The van der Waals surface area contributed by atoms with Crippen molar-refractivity contribution in [1.82, 2.24) is 0 Å². The van der Waals surface area contributed by atoms with Crippen molar-refractivity contribution < 1.29 is 23.9 Å². The van der Waals surface area contributed by atoms with E-state index < -0.39 is 35.2 Å². The van der Waals surface area contributed by atoms with Crippen molar-refractivity contribution in [3.8, 4) is 0 Å². The van der Waals surface area contributed by atoms with Crippen LogP contribution in [0.25, 0.3) is 0 Å². The lowest BCUT2D eigenvalue weighted by molar-refractivity contribution is -0.155. The Labute approximate surface area is 156 Å². The van der Waals surface area contributed by atoms with Crippen LogP contribution in [-0.2, 0) is 33.5 Å². The SMILES string of the molecule is O=S1C[C@H](O)[C@@H](OCc2ccccc2)[C@H](OCc2ccccc2)[C@@H](O)C1. The molecule has 0 bridgehead atoms. The average Bonchev–Trinajstić information content (AvgIpc) is 2.75. The van der Waals surface area contributed by atoms with Gasteiger partial charge >= 0.3 is 0 Å². The normalized spacial score (nSPS) is 27.2. The van der Waals surface area contributed by atoms with Gasteiger partial charge in [0, 0.05) is 10.8 Å². The lowest BCUT2D eigenvalue weighted by atomic mass is 10.0. The minimum atomic E-state index is -1.32. The molecule has 0 aliphatic carbocycles. The molecule has 140 valence electrons. The molecule has 0 radical (unpaired) electrons. The van der Waals surface area contributed by atoms with E-state index in [4.69, 9.17) is 9.47 Å². The van der Waals surface area contributed by atoms with Gasteiger partial charge in [-0.15, -0.1) is 0 Å². The molecule has 2 aromatic rings. The topological polar surface area (TPSA) is 76.0 Å². The largest absolute Gasteiger partial charge is 0.389 e. The van der Waals surface area contributed by atoms with Gasteiger partial charge in [0.1, 0.15) is 12.2 Å². The molecule has 5 nitrogen and oxygen atoms in total. The molecule has 0 unspecified atom stereocenters. The third-order valence-corrected chi connectivity index (χ3v) is 5.79. The van der Waals surface area contributed by atoms with E-state index in [1.807, 2.05) is 60.7 Å². The van der Waals surface area contributed by atoms with Gasteiger partial charge in [0.2, 0.25) is 0 Å². The highest BCUT2D eigenvalue weighted by atomic mass is 32.2. The predicted octanol–water partition coefficient (Wildman–Crippen LogP) is 1.64. The second-order valence-electron chi connectivity index (χ2n) is 6.43. The third-order valence-electron chi connectivity index (χ3n) is 4.37. The van der Waals surface area contributed by atoms with Crippen molar-refractivity contribution in [2.24, 2.45) is 0 Å². The van der Waals surface area contributed by atoms with E-state index in [9.17, 15) is 14.4 Å². The Balaban J connectivity index is 1.72. The van der Waals surface area contributed by atoms with Gasteiger partial charge in [-0.05, 0) is 11.1 Å². The maximum absolute atomic E-state index is 12.0. The number of aliphatic hydroxyl groups is 2. The van der Waals surface area contributed by atoms with Gasteiger partial charge in [0.05, 0.1) is 36.9 Å². The monoisotopic (exact) mass is 376 g/mol. The number of benzene rings is 2. The minimum Gasteiger partial charge on any atom is -0.389 e. The zero-order valence-electron chi connectivity index (χ0n) is 14.4. The summed E-state index contributed by atoms with van der Waals surface area (Å²) in [6.07, 6.45) is -3.42. The van der Waals surface area contributed by atoms with Gasteiger partial charge in [-0.1, -0.05) is 60.7 Å². The summed E-state index contributed by atoms with van der Waals surface area (Å²) in [6, 6.07) is 19.2. The van der Waals surface area contributed by atoms with Crippen molar-refractivity contribution in [3.05, 3.63) is 71.8 Å². The van der Waals surface area contributed by atoms with Gasteiger partial charge in [0.25, 0.3) is 0 Å². The Morgan fingerprint density at radius 2 is 1.15 bits per heavy atom. The summed E-state index contributed by atoms with van der Waals surface area (Å²) >= 11 is 0. The highest BCUT2D eigenvalue weighted by Crippen LogP contribution is 2.22. The van der Waals surface area contributed by atoms with Crippen LogP contribution >= 0.6 is 0 Å². The molecule has 1 aliphatic heterocycles. The van der Waals surface area contributed by atoms with Gasteiger partial charge in [0.15, 0.2) is 0 Å². The molecule has 0 saturated carbocycles. The molecular formula is C20H24O5S. The molecule has 1 aliphatic rings. The Morgan fingerprint density at radius 3 is 1.54 bits per heavy atom. The Bertz CT molecular complexity index is 634. The molecule has 26 heavy (non-hydrogen) atoms. The van der Waals surface area contributed by atoms with Crippen LogP contribution < -0.4 is 0 Å². The molecule has 6 heteroatoms. The highest BCUT2D eigenvalue weighted by Gasteiger charge is 2.40. The summed E-state index contributed by atoms with van der Waals surface area (Å²) in [7, 11) is -1.32. The zero-order valence-corrected chi connectivity index (χ0v) is 15.3. The summed E-state index contributed by atoms with van der Waals surface area (Å²) in [5.41, 5.74) is 1.92. The van der Waals surface area contributed by atoms with Crippen LogP contribution in [0.4, 0.5) is 0 Å². The molecule has 4 atom stereocenters. The summed E-state index contributed by atoms with van der Waals surface area (Å²) in [5.74, 6) is 0.142. The lowest BCUT2D eigenvalue weighted by Gasteiger charge is -2.31. The van der Waals surface area contributed by atoms with Crippen LogP contribution in [0.2, 0.25) is 0 Å². The standard InChI is InChI=1S/C20H24O5S/c21-17-13-26(23)14-18(22)20(25-12-16-9-5-2-6-10-16)19(17)24-11-15-7-3-1-4-8-15/h1-10,17-22H,11-14H2/t17-,18-,19+,20+/m0/s1. The molecule has 1 heterocycles. The number of hydrogen-bond acceptors (Lipinski definition) is 5. The number of rotatable bonds is 6. The van der Waals surface area contributed by atoms with Gasteiger partial charge in [-0.3, -0.25) is 4.21 Å². The second-order valence-corrected chi connectivity index (χ2v) is 7.98. The maximum atomic E-state index is 12.0. The first-order chi connectivity index (χ1) is 12.6. The van der Waals surface area contributed by atoms with E-state index in [1.165, 1.54) is 0 Å². The van der Waals surface area contributed by atoms with E-state index in [-0.39, 0.29) is 24.7 Å². The number of hydrogen-bond donors (Lipinski definition) is 2. The first kappa shape index (κ1) is 19.2.